The van der Waals surface area contributed by atoms with Crippen LogP contribution in [0.2, 0.25) is 5.02 Å². The number of rotatable bonds is 3. The zero-order valence-electron chi connectivity index (χ0n) is 8.99. The van der Waals surface area contributed by atoms with Crippen LogP contribution in [0.5, 0.6) is 0 Å². The molecule has 0 aliphatic carbocycles. The number of carbonyl (C=O) groups excluding carboxylic acids is 1. The highest BCUT2D eigenvalue weighted by Crippen LogP contribution is 2.22. The fourth-order valence-electron chi connectivity index (χ4n) is 1.57. The lowest BCUT2D eigenvalue weighted by Gasteiger charge is -2.03. The van der Waals surface area contributed by atoms with Gasteiger partial charge in [-0.1, -0.05) is 63.9 Å². The molecule has 0 saturated carbocycles. The minimum Gasteiger partial charge on any atom is -0.293 e. The van der Waals surface area contributed by atoms with E-state index in [1.165, 1.54) is 0 Å². The predicted molar refractivity (Wildman–Crippen MR) is 75.0 cm³/mol. The van der Waals surface area contributed by atoms with Gasteiger partial charge in [0.15, 0.2) is 5.78 Å². The topological polar surface area (TPSA) is 17.1 Å². The van der Waals surface area contributed by atoms with Gasteiger partial charge in [0.25, 0.3) is 0 Å². The SMILES string of the molecule is O=C(CBr)c1ccc(-c2ccc(Cl)cc2)cc1. The van der Waals surface area contributed by atoms with Crippen molar-refractivity contribution in [2.24, 2.45) is 0 Å². The number of benzene rings is 2. The molecule has 86 valence electrons. The largest absolute Gasteiger partial charge is 0.293 e. The lowest BCUT2D eigenvalue weighted by Crippen LogP contribution is -1.98. The van der Waals surface area contributed by atoms with Crippen LogP contribution in [0.3, 0.4) is 0 Å². The first-order valence-corrected chi connectivity index (χ1v) is 6.66. The van der Waals surface area contributed by atoms with Crippen LogP contribution in [-0.2, 0) is 0 Å². The molecule has 17 heavy (non-hydrogen) atoms. The second kappa shape index (κ2) is 5.48. The Morgan fingerprint density at radius 3 is 1.88 bits per heavy atom. The number of Topliss-reactive ketones (excluding diaryl/α,β-unsaturated/α-hetero) is 1. The molecular weight excluding hydrogens is 300 g/mol. The summed E-state index contributed by atoms with van der Waals surface area (Å²) in [7, 11) is 0. The maximum atomic E-state index is 11.4. The summed E-state index contributed by atoms with van der Waals surface area (Å²) in [5, 5.41) is 1.08. The number of hydrogen-bond donors (Lipinski definition) is 0. The number of hydrogen-bond acceptors (Lipinski definition) is 1. The summed E-state index contributed by atoms with van der Waals surface area (Å²) >= 11 is 8.99. The minimum absolute atomic E-state index is 0.0904. The van der Waals surface area contributed by atoms with Gasteiger partial charge in [0.2, 0.25) is 0 Å². The van der Waals surface area contributed by atoms with Crippen molar-refractivity contribution in [1.82, 2.24) is 0 Å². The maximum Gasteiger partial charge on any atom is 0.173 e. The molecule has 0 aliphatic heterocycles. The fraction of sp³-hybridized carbons (Fsp3) is 0.0714. The molecular formula is C14H10BrClO. The van der Waals surface area contributed by atoms with Gasteiger partial charge in [-0.05, 0) is 23.3 Å². The van der Waals surface area contributed by atoms with Crippen LogP contribution in [0.4, 0.5) is 0 Å². The van der Waals surface area contributed by atoms with Crippen LogP contribution < -0.4 is 0 Å². The Kier molecular flexibility index (Phi) is 3.97. The summed E-state index contributed by atoms with van der Waals surface area (Å²) in [6, 6.07) is 15.2. The van der Waals surface area contributed by atoms with E-state index in [4.69, 9.17) is 11.6 Å². The molecule has 2 rings (SSSR count). The molecule has 0 aliphatic rings. The highest BCUT2D eigenvalue weighted by Gasteiger charge is 2.04. The van der Waals surface area contributed by atoms with Gasteiger partial charge in [-0.25, -0.2) is 0 Å². The van der Waals surface area contributed by atoms with Crippen molar-refractivity contribution in [2.45, 2.75) is 0 Å². The van der Waals surface area contributed by atoms with E-state index in [0.29, 0.717) is 5.33 Å². The molecule has 0 radical (unpaired) electrons. The Hall–Kier alpha value is -1.12. The summed E-state index contributed by atoms with van der Waals surface area (Å²) in [6.07, 6.45) is 0. The van der Waals surface area contributed by atoms with Gasteiger partial charge in [-0.2, -0.15) is 0 Å². The second-order valence-corrected chi connectivity index (χ2v) is 4.64. The van der Waals surface area contributed by atoms with Crippen LogP contribution in [0.15, 0.2) is 48.5 Å². The Morgan fingerprint density at radius 1 is 0.941 bits per heavy atom. The van der Waals surface area contributed by atoms with E-state index in [1.54, 1.807) is 0 Å². The van der Waals surface area contributed by atoms with Crippen LogP contribution in [-0.4, -0.2) is 11.1 Å². The molecule has 3 heteroatoms. The lowest BCUT2D eigenvalue weighted by molar-refractivity contribution is 0.102. The first-order valence-electron chi connectivity index (χ1n) is 5.16. The molecule has 0 bridgehead atoms. The van der Waals surface area contributed by atoms with Crippen LogP contribution in [0.25, 0.3) is 11.1 Å². The highest BCUT2D eigenvalue weighted by atomic mass is 79.9. The van der Waals surface area contributed by atoms with E-state index in [1.807, 2.05) is 48.5 Å². The molecule has 0 saturated heterocycles. The van der Waals surface area contributed by atoms with Crippen molar-refractivity contribution >= 4 is 33.3 Å². The highest BCUT2D eigenvalue weighted by molar-refractivity contribution is 9.09. The number of ketones is 1. The number of halogens is 2. The Bertz CT molecular complexity index is 517. The van der Waals surface area contributed by atoms with Gasteiger partial charge in [0.1, 0.15) is 0 Å². The van der Waals surface area contributed by atoms with E-state index < -0.39 is 0 Å². The van der Waals surface area contributed by atoms with Crippen LogP contribution >= 0.6 is 27.5 Å². The Labute approximate surface area is 114 Å². The molecule has 0 N–H and O–H groups in total. The second-order valence-electron chi connectivity index (χ2n) is 3.64. The van der Waals surface area contributed by atoms with Crippen molar-refractivity contribution in [3.8, 4) is 11.1 Å². The smallest absolute Gasteiger partial charge is 0.173 e. The molecule has 0 spiro atoms. The van der Waals surface area contributed by atoms with Crippen molar-refractivity contribution in [3.05, 3.63) is 59.1 Å². The predicted octanol–water partition coefficient (Wildman–Crippen LogP) is 4.58. The summed E-state index contributed by atoms with van der Waals surface area (Å²) in [6.45, 7) is 0. The monoisotopic (exact) mass is 308 g/mol. The zero-order chi connectivity index (χ0) is 12.3. The first-order chi connectivity index (χ1) is 8.20. The minimum atomic E-state index is 0.0904. The van der Waals surface area contributed by atoms with Crippen molar-refractivity contribution < 1.29 is 4.79 Å². The van der Waals surface area contributed by atoms with Crippen molar-refractivity contribution in [2.75, 3.05) is 5.33 Å². The number of carbonyl (C=O) groups is 1. The molecule has 2 aromatic rings. The average molecular weight is 310 g/mol. The average Bonchev–Trinajstić information content (AvgIpc) is 2.39. The fourth-order valence-corrected chi connectivity index (χ4v) is 2.02. The Morgan fingerprint density at radius 2 is 1.41 bits per heavy atom. The van der Waals surface area contributed by atoms with Gasteiger partial charge >= 0.3 is 0 Å². The summed E-state index contributed by atoms with van der Waals surface area (Å²) in [4.78, 5) is 11.4. The lowest BCUT2D eigenvalue weighted by atomic mass is 10.0. The molecule has 0 unspecified atom stereocenters. The van der Waals surface area contributed by atoms with Gasteiger partial charge in [0, 0.05) is 10.6 Å². The molecule has 2 aromatic carbocycles. The van der Waals surface area contributed by atoms with Crippen LogP contribution in [0.1, 0.15) is 10.4 Å². The molecule has 0 aromatic heterocycles. The van der Waals surface area contributed by atoms with Gasteiger partial charge in [0.05, 0.1) is 5.33 Å². The molecule has 0 atom stereocenters. The number of alkyl halides is 1. The van der Waals surface area contributed by atoms with E-state index in [9.17, 15) is 4.79 Å². The van der Waals surface area contributed by atoms with E-state index in [-0.39, 0.29) is 5.78 Å². The van der Waals surface area contributed by atoms with Crippen molar-refractivity contribution in [3.63, 3.8) is 0 Å². The summed E-state index contributed by atoms with van der Waals surface area (Å²) in [5.41, 5.74) is 2.89. The van der Waals surface area contributed by atoms with E-state index in [2.05, 4.69) is 15.9 Å². The maximum absolute atomic E-state index is 11.4. The quantitative estimate of drug-likeness (QED) is 0.599. The molecule has 0 amide bonds. The van der Waals surface area contributed by atoms with Gasteiger partial charge in [-0.3, -0.25) is 4.79 Å². The normalized spacial score (nSPS) is 10.2. The van der Waals surface area contributed by atoms with Crippen LogP contribution in [0, 0.1) is 0 Å². The third kappa shape index (κ3) is 2.96. The Balaban J connectivity index is 2.29. The third-order valence-electron chi connectivity index (χ3n) is 2.51. The zero-order valence-corrected chi connectivity index (χ0v) is 11.3. The van der Waals surface area contributed by atoms with Crippen molar-refractivity contribution in [1.29, 1.82) is 0 Å². The molecule has 1 nitrogen and oxygen atoms in total. The summed E-state index contributed by atoms with van der Waals surface area (Å²) in [5.74, 6) is 0.0904. The molecule has 0 heterocycles. The third-order valence-corrected chi connectivity index (χ3v) is 3.27. The molecule has 0 fully saturated rings. The van der Waals surface area contributed by atoms with E-state index >= 15 is 0 Å². The summed E-state index contributed by atoms with van der Waals surface area (Å²) < 4.78 is 0. The van der Waals surface area contributed by atoms with E-state index in [0.717, 1.165) is 21.7 Å². The van der Waals surface area contributed by atoms with Gasteiger partial charge < -0.3 is 0 Å². The van der Waals surface area contributed by atoms with Gasteiger partial charge in [-0.15, -0.1) is 0 Å². The standard InChI is InChI=1S/C14H10BrClO/c15-9-14(17)12-3-1-10(2-4-12)11-5-7-13(16)8-6-11/h1-8H,9H2. The first kappa shape index (κ1) is 12.3.